The van der Waals surface area contributed by atoms with Gasteiger partial charge in [-0.05, 0) is 67.4 Å². The Balaban J connectivity index is 1.55. The second kappa shape index (κ2) is 9.07. The van der Waals surface area contributed by atoms with Crippen LogP contribution < -0.4 is 10.1 Å². The van der Waals surface area contributed by atoms with E-state index in [2.05, 4.69) is 16.4 Å². The number of nitrogens with zero attached hydrogens (tertiary/aromatic N) is 1. The number of anilines is 1. The number of rotatable bonds is 5. The average molecular weight is 467 g/mol. The van der Waals surface area contributed by atoms with Crippen molar-refractivity contribution < 1.29 is 13.9 Å². The molecule has 1 aromatic heterocycles. The van der Waals surface area contributed by atoms with Gasteiger partial charge in [-0.3, -0.25) is 4.79 Å². The Morgan fingerprint density at radius 2 is 1.94 bits per heavy atom. The van der Waals surface area contributed by atoms with E-state index in [1.54, 1.807) is 24.3 Å². The second-order valence-corrected chi connectivity index (χ2v) is 8.21. The summed E-state index contributed by atoms with van der Waals surface area (Å²) in [5.41, 5.74) is 5.71. The van der Waals surface area contributed by atoms with E-state index in [0.717, 1.165) is 27.8 Å². The van der Waals surface area contributed by atoms with Crippen molar-refractivity contribution in [2.45, 2.75) is 13.8 Å². The Morgan fingerprint density at radius 3 is 2.72 bits per heavy atom. The van der Waals surface area contributed by atoms with E-state index in [1.165, 1.54) is 13.2 Å². The molecule has 0 aliphatic carbocycles. The van der Waals surface area contributed by atoms with E-state index in [9.17, 15) is 4.79 Å². The van der Waals surface area contributed by atoms with Crippen LogP contribution in [0, 0.1) is 13.8 Å². The summed E-state index contributed by atoms with van der Waals surface area (Å²) in [5.74, 6) is 0.631. The summed E-state index contributed by atoms with van der Waals surface area (Å²) in [6.07, 6.45) is 2.99. The van der Waals surface area contributed by atoms with Gasteiger partial charge in [-0.1, -0.05) is 35.3 Å². The van der Waals surface area contributed by atoms with Gasteiger partial charge in [-0.25, -0.2) is 4.98 Å². The summed E-state index contributed by atoms with van der Waals surface area (Å²) in [4.78, 5) is 17.1. The maximum Gasteiger partial charge on any atom is 0.248 e. The highest BCUT2D eigenvalue weighted by atomic mass is 35.5. The van der Waals surface area contributed by atoms with E-state index in [4.69, 9.17) is 32.4 Å². The quantitative estimate of drug-likeness (QED) is 0.319. The lowest BCUT2D eigenvalue weighted by atomic mass is 10.1. The zero-order valence-corrected chi connectivity index (χ0v) is 19.2. The molecule has 0 radical (unpaired) electrons. The van der Waals surface area contributed by atoms with E-state index < -0.39 is 0 Å². The molecule has 0 saturated heterocycles. The van der Waals surface area contributed by atoms with Crippen LogP contribution in [0.2, 0.25) is 10.0 Å². The van der Waals surface area contributed by atoms with Gasteiger partial charge in [0.2, 0.25) is 11.8 Å². The molecule has 0 saturated carbocycles. The van der Waals surface area contributed by atoms with Gasteiger partial charge in [-0.2, -0.15) is 0 Å². The second-order valence-electron chi connectivity index (χ2n) is 7.36. The van der Waals surface area contributed by atoms with Crippen LogP contribution in [-0.2, 0) is 4.79 Å². The van der Waals surface area contributed by atoms with Crippen molar-refractivity contribution in [3.63, 3.8) is 0 Å². The molecule has 1 N–H and O–H groups in total. The van der Waals surface area contributed by atoms with Crippen molar-refractivity contribution in [3.05, 3.63) is 81.3 Å². The molecule has 0 aliphatic rings. The minimum atomic E-state index is -0.315. The fourth-order valence-corrected chi connectivity index (χ4v) is 4.09. The lowest BCUT2D eigenvalue weighted by molar-refractivity contribution is -0.111. The Labute approximate surface area is 195 Å². The Bertz CT molecular complexity index is 1360. The van der Waals surface area contributed by atoms with Crippen molar-refractivity contribution in [1.29, 1.82) is 0 Å². The zero-order chi connectivity index (χ0) is 22.8. The molecule has 32 heavy (non-hydrogen) atoms. The summed E-state index contributed by atoms with van der Waals surface area (Å²) in [5, 5.41) is 3.66. The zero-order valence-electron chi connectivity index (χ0n) is 17.7. The van der Waals surface area contributed by atoms with E-state index in [0.29, 0.717) is 32.9 Å². The highest BCUT2D eigenvalue weighted by Gasteiger charge is 2.12. The van der Waals surface area contributed by atoms with Gasteiger partial charge in [-0.15, -0.1) is 0 Å². The predicted molar refractivity (Wildman–Crippen MR) is 130 cm³/mol. The van der Waals surface area contributed by atoms with Gasteiger partial charge in [0.1, 0.15) is 11.3 Å². The first-order chi connectivity index (χ1) is 15.3. The van der Waals surface area contributed by atoms with Crippen LogP contribution in [0.4, 0.5) is 5.69 Å². The van der Waals surface area contributed by atoms with E-state index in [-0.39, 0.29) is 5.91 Å². The maximum atomic E-state index is 12.5. The highest BCUT2D eigenvalue weighted by molar-refractivity contribution is 6.36. The summed E-state index contributed by atoms with van der Waals surface area (Å²) in [6.45, 7) is 4.02. The van der Waals surface area contributed by atoms with Gasteiger partial charge >= 0.3 is 0 Å². The smallest absolute Gasteiger partial charge is 0.248 e. The van der Waals surface area contributed by atoms with Gasteiger partial charge in [0.15, 0.2) is 5.58 Å². The molecular formula is C25H20Cl2N2O3. The number of aryl methyl sites for hydroxylation is 2. The fourth-order valence-electron chi connectivity index (χ4n) is 3.50. The van der Waals surface area contributed by atoms with Crippen molar-refractivity contribution in [1.82, 2.24) is 4.98 Å². The third-order valence-corrected chi connectivity index (χ3v) is 5.35. The minimum absolute atomic E-state index is 0.315. The topological polar surface area (TPSA) is 64.4 Å². The number of ether oxygens (including phenoxy) is 1. The summed E-state index contributed by atoms with van der Waals surface area (Å²) in [7, 11) is 1.51. The van der Waals surface area contributed by atoms with Crippen LogP contribution in [-0.4, -0.2) is 18.0 Å². The SMILES string of the molecule is COc1c(Cl)cc(Cl)cc1C=CC(=O)Nc1cccc(-c2nc3cc(C)cc(C)c3o2)c1. The highest BCUT2D eigenvalue weighted by Crippen LogP contribution is 2.33. The normalized spacial score (nSPS) is 11.3. The molecule has 1 heterocycles. The van der Waals surface area contributed by atoms with Crippen molar-refractivity contribution in [3.8, 4) is 17.2 Å². The van der Waals surface area contributed by atoms with Gasteiger partial charge < -0.3 is 14.5 Å². The molecule has 0 fully saturated rings. The predicted octanol–water partition coefficient (Wildman–Crippen LogP) is 7.08. The van der Waals surface area contributed by atoms with Crippen LogP contribution in [0.15, 0.2) is 59.0 Å². The number of hydrogen-bond acceptors (Lipinski definition) is 4. The Morgan fingerprint density at radius 1 is 1.12 bits per heavy atom. The molecule has 0 unspecified atom stereocenters. The Kier molecular flexibility index (Phi) is 6.21. The van der Waals surface area contributed by atoms with Gasteiger partial charge in [0, 0.05) is 27.9 Å². The molecule has 3 aromatic carbocycles. The maximum absolute atomic E-state index is 12.5. The fraction of sp³-hybridized carbons (Fsp3) is 0.120. The van der Waals surface area contributed by atoms with E-state index in [1.807, 2.05) is 38.1 Å². The molecular weight excluding hydrogens is 447 g/mol. The molecule has 5 nitrogen and oxygen atoms in total. The summed E-state index contributed by atoms with van der Waals surface area (Å²) < 4.78 is 11.3. The number of carbonyl (C=O) groups is 1. The third kappa shape index (κ3) is 4.64. The molecule has 7 heteroatoms. The molecule has 0 spiro atoms. The number of benzene rings is 3. The van der Waals surface area contributed by atoms with Crippen LogP contribution in [0.5, 0.6) is 5.75 Å². The standard InChI is InChI=1S/C25H20Cl2N2O3/c1-14-9-15(2)23-21(10-14)29-25(32-23)17-5-4-6-19(12-17)28-22(30)8-7-16-11-18(26)13-20(27)24(16)31-3/h4-13H,1-3H3,(H,28,30). The first-order valence-corrected chi connectivity index (χ1v) is 10.6. The first-order valence-electron chi connectivity index (χ1n) is 9.84. The minimum Gasteiger partial charge on any atom is -0.495 e. The third-order valence-electron chi connectivity index (χ3n) is 4.85. The molecule has 0 aliphatic heterocycles. The molecule has 1 amide bonds. The van der Waals surface area contributed by atoms with Crippen molar-refractivity contribution >= 4 is 52.0 Å². The Hall–Kier alpha value is -3.28. The average Bonchev–Trinajstić information content (AvgIpc) is 3.16. The molecule has 162 valence electrons. The number of oxazole rings is 1. The lowest BCUT2D eigenvalue weighted by Gasteiger charge is -2.08. The number of nitrogens with one attached hydrogen (secondary N) is 1. The molecule has 4 aromatic rings. The number of carbonyl (C=O) groups excluding carboxylic acids is 1. The molecule has 4 rings (SSSR count). The molecule has 0 atom stereocenters. The van der Waals surface area contributed by atoms with Crippen molar-refractivity contribution in [2.24, 2.45) is 0 Å². The number of halogens is 2. The number of methoxy groups -OCH3 is 1. The van der Waals surface area contributed by atoms with Crippen LogP contribution in [0.3, 0.4) is 0 Å². The van der Waals surface area contributed by atoms with Gasteiger partial charge in [0.25, 0.3) is 0 Å². The number of amides is 1. The number of hydrogen-bond donors (Lipinski definition) is 1. The first kappa shape index (κ1) is 21.9. The summed E-state index contributed by atoms with van der Waals surface area (Å²) in [6, 6.07) is 14.6. The van der Waals surface area contributed by atoms with Gasteiger partial charge in [0.05, 0.1) is 12.1 Å². The van der Waals surface area contributed by atoms with Crippen LogP contribution >= 0.6 is 23.2 Å². The van der Waals surface area contributed by atoms with E-state index >= 15 is 0 Å². The lowest BCUT2D eigenvalue weighted by Crippen LogP contribution is -2.07. The van der Waals surface area contributed by atoms with Crippen LogP contribution in [0.25, 0.3) is 28.6 Å². The summed E-state index contributed by atoms with van der Waals surface area (Å²) >= 11 is 12.2. The van der Waals surface area contributed by atoms with Crippen molar-refractivity contribution in [2.75, 3.05) is 12.4 Å². The largest absolute Gasteiger partial charge is 0.495 e. The number of aromatic nitrogens is 1. The van der Waals surface area contributed by atoms with Crippen LogP contribution in [0.1, 0.15) is 16.7 Å². The molecule has 0 bridgehead atoms. The monoisotopic (exact) mass is 466 g/mol. The number of fused-ring (bicyclic) bond motifs is 1.